The molecule has 3 atom stereocenters. The van der Waals surface area contributed by atoms with Gasteiger partial charge >= 0.3 is 5.69 Å². The Kier molecular flexibility index (Phi) is 5.75. The molecule has 2 fully saturated rings. The van der Waals surface area contributed by atoms with Gasteiger partial charge in [-0.05, 0) is 55.6 Å². The van der Waals surface area contributed by atoms with Crippen molar-refractivity contribution in [2.24, 2.45) is 18.7 Å². The highest BCUT2D eigenvalue weighted by Crippen LogP contribution is 2.43. The standard InChI is InChI=1S/C25H28ClN7O2S/c1-13-20(30(2)24(27)36-13)21-19-22(32(11-14-4-5-14)25(35)31(3)23(19)34)29-33(21)12-15-8-9-28-18-7-6-16(26)10-17(15)18/h6-10,13-14,20,24H,4-5,11-12,27H2,1-3H3. The van der Waals surface area contributed by atoms with E-state index in [0.717, 1.165) is 35.0 Å². The average molecular weight is 526 g/mol. The number of thioether (sulfide) groups is 1. The number of pyridine rings is 1. The van der Waals surface area contributed by atoms with Gasteiger partial charge in [0.05, 0.1) is 23.8 Å². The van der Waals surface area contributed by atoms with Gasteiger partial charge < -0.3 is 5.73 Å². The van der Waals surface area contributed by atoms with Crippen molar-refractivity contribution >= 4 is 45.3 Å². The lowest BCUT2D eigenvalue weighted by Gasteiger charge is -2.25. The second kappa shape index (κ2) is 8.72. The first kappa shape index (κ1) is 23.7. The van der Waals surface area contributed by atoms with Crippen molar-refractivity contribution in [1.29, 1.82) is 0 Å². The quantitative estimate of drug-likeness (QED) is 0.427. The lowest BCUT2D eigenvalue weighted by atomic mass is 10.1. The smallest absolute Gasteiger partial charge is 0.307 e. The van der Waals surface area contributed by atoms with Crippen LogP contribution in [-0.4, -0.2) is 46.6 Å². The molecule has 2 N–H and O–H groups in total. The van der Waals surface area contributed by atoms with E-state index >= 15 is 0 Å². The molecule has 6 rings (SSSR count). The van der Waals surface area contributed by atoms with Gasteiger partial charge in [0.25, 0.3) is 5.56 Å². The number of hydrogen-bond acceptors (Lipinski definition) is 7. The molecule has 1 saturated heterocycles. The Balaban J connectivity index is 1.63. The molecule has 9 nitrogen and oxygen atoms in total. The lowest BCUT2D eigenvalue weighted by molar-refractivity contribution is 0.244. The Hall–Kier alpha value is -2.66. The van der Waals surface area contributed by atoms with Gasteiger partial charge in [-0.1, -0.05) is 18.5 Å². The van der Waals surface area contributed by atoms with Gasteiger partial charge in [0.1, 0.15) is 10.9 Å². The van der Waals surface area contributed by atoms with Crippen LogP contribution in [-0.2, 0) is 20.1 Å². The van der Waals surface area contributed by atoms with Crippen molar-refractivity contribution in [1.82, 2.24) is 28.8 Å². The third kappa shape index (κ3) is 3.78. The maximum Gasteiger partial charge on any atom is 0.332 e. The molecule has 0 radical (unpaired) electrons. The number of fused-ring (bicyclic) bond motifs is 2. The number of hydrogen-bond donors (Lipinski definition) is 1. The summed E-state index contributed by atoms with van der Waals surface area (Å²) >= 11 is 7.98. The fraction of sp³-hybridized carbons (Fsp3) is 0.440. The molecule has 4 aromatic rings. The van der Waals surface area contributed by atoms with Crippen molar-refractivity contribution in [2.75, 3.05) is 7.05 Å². The van der Waals surface area contributed by atoms with Gasteiger partial charge in [0.2, 0.25) is 0 Å². The minimum absolute atomic E-state index is 0.126. The summed E-state index contributed by atoms with van der Waals surface area (Å²) in [7, 11) is 3.52. The number of aromatic nitrogens is 5. The number of nitrogens with two attached hydrogens (primary N) is 1. The summed E-state index contributed by atoms with van der Waals surface area (Å²) in [5.41, 5.74) is 8.60. The first-order valence-electron chi connectivity index (χ1n) is 12.1. The molecule has 1 aliphatic heterocycles. The van der Waals surface area contributed by atoms with E-state index in [9.17, 15) is 9.59 Å². The Morgan fingerprint density at radius 1 is 1.19 bits per heavy atom. The molecule has 1 saturated carbocycles. The van der Waals surface area contributed by atoms with Crippen LogP contribution in [0.2, 0.25) is 5.02 Å². The predicted molar refractivity (Wildman–Crippen MR) is 143 cm³/mol. The second-order valence-electron chi connectivity index (χ2n) is 9.92. The zero-order valence-corrected chi connectivity index (χ0v) is 22.0. The third-order valence-corrected chi connectivity index (χ3v) is 8.97. The van der Waals surface area contributed by atoms with Gasteiger partial charge in [-0.3, -0.25) is 28.5 Å². The van der Waals surface area contributed by atoms with Crippen LogP contribution in [0, 0.1) is 5.92 Å². The summed E-state index contributed by atoms with van der Waals surface area (Å²) in [6.45, 7) is 3.09. The zero-order chi connectivity index (χ0) is 25.3. The summed E-state index contributed by atoms with van der Waals surface area (Å²) in [6.07, 6.45) is 3.94. The molecule has 1 aromatic carbocycles. The summed E-state index contributed by atoms with van der Waals surface area (Å²) in [4.78, 5) is 33.3. The molecule has 3 aromatic heterocycles. The summed E-state index contributed by atoms with van der Waals surface area (Å²) in [5.74, 6) is 0.445. The third-order valence-electron chi connectivity index (χ3n) is 7.44. The number of rotatable bonds is 5. The summed E-state index contributed by atoms with van der Waals surface area (Å²) < 4.78 is 4.79. The van der Waals surface area contributed by atoms with Crippen molar-refractivity contribution in [3.63, 3.8) is 0 Å². The summed E-state index contributed by atoms with van der Waals surface area (Å²) in [6, 6.07) is 7.42. The van der Waals surface area contributed by atoms with Gasteiger partial charge in [-0.2, -0.15) is 5.10 Å². The van der Waals surface area contributed by atoms with Gasteiger partial charge in [0, 0.05) is 35.4 Å². The highest BCUT2D eigenvalue weighted by Gasteiger charge is 2.41. The van der Waals surface area contributed by atoms with Crippen molar-refractivity contribution in [3.05, 3.63) is 67.6 Å². The predicted octanol–water partition coefficient (Wildman–Crippen LogP) is 2.91. The molecule has 1 aliphatic carbocycles. The van der Waals surface area contributed by atoms with Crippen LogP contribution in [0.5, 0.6) is 0 Å². The minimum atomic E-state index is -0.323. The van der Waals surface area contributed by atoms with E-state index in [1.807, 2.05) is 36.0 Å². The number of benzene rings is 1. The van der Waals surface area contributed by atoms with Crippen molar-refractivity contribution < 1.29 is 0 Å². The van der Waals surface area contributed by atoms with E-state index in [-0.39, 0.29) is 28.0 Å². The van der Waals surface area contributed by atoms with Crippen LogP contribution < -0.4 is 17.0 Å². The fourth-order valence-corrected chi connectivity index (χ4v) is 6.70. The molecule has 0 amide bonds. The topological polar surface area (TPSA) is 104 Å². The molecule has 0 bridgehead atoms. The first-order chi connectivity index (χ1) is 17.2. The van der Waals surface area contributed by atoms with Gasteiger partial charge in [0.15, 0.2) is 5.65 Å². The van der Waals surface area contributed by atoms with E-state index in [0.29, 0.717) is 35.1 Å². The maximum absolute atomic E-state index is 13.6. The fourth-order valence-electron chi connectivity index (χ4n) is 5.30. The SMILES string of the molecule is CC1SC(N)N(C)C1c1c2c(=O)n(C)c(=O)n(CC3CC3)c2nn1Cc1ccnc2ccc(Cl)cc12. The van der Waals surface area contributed by atoms with Crippen molar-refractivity contribution in [2.45, 2.75) is 49.6 Å². The van der Waals surface area contributed by atoms with Crippen LogP contribution in [0.15, 0.2) is 40.1 Å². The Morgan fingerprint density at radius 3 is 2.67 bits per heavy atom. The maximum atomic E-state index is 13.6. The highest BCUT2D eigenvalue weighted by atomic mass is 35.5. The van der Waals surface area contributed by atoms with E-state index < -0.39 is 0 Å². The zero-order valence-electron chi connectivity index (χ0n) is 20.4. The van der Waals surface area contributed by atoms with Crippen LogP contribution in [0.1, 0.15) is 37.1 Å². The second-order valence-corrected chi connectivity index (χ2v) is 11.9. The molecule has 11 heteroatoms. The Morgan fingerprint density at radius 2 is 1.97 bits per heavy atom. The monoisotopic (exact) mass is 525 g/mol. The van der Waals surface area contributed by atoms with Crippen LogP contribution in [0.4, 0.5) is 0 Å². The van der Waals surface area contributed by atoms with Gasteiger partial charge in [-0.15, -0.1) is 11.8 Å². The van der Waals surface area contributed by atoms with Crippen LogP contribution in [0.25, 0.3) is 21.9 Å². The first-order valence-corrected chi connectivity index (χ1v) is 13.4. The molecule has 0 spiro atoms. The van der Waals surface area contributed by atoms with E-state index in [4.69, 9.17) is 22.4 Å². The number of halogens is 1. The number of nitrogens with zero attached hydrogens (tertiary/aromatic N) is 6. The lowest BCUT2D eigenvalue weighted by Crippen LogP contribution is -2.39. The molecule has 4 heterocycles. The van der Waals surface area contributed by atoms with Crippen molar-refractivity contribution in [3.8, 4) is 0 Å². The van der Waals surface area contributed by atoms with E-state index in [1.165, 1.54) is 4.57 Å². The average Bonchev–Trinajstić information content (AvgIpc) is 3.55. The Labute approximate surface area is 216 Å². The van der Waals surface area contributed by atoms with Crippen LogP contribution >= 0.6 is 23.4 Å². The molecular formula is C25H28ClN7O2S. The highest BCUT2D eigenvalue weighted by molar-refractivity contribution is 8.00. The molecule has 3 unspecified atom stereocenters. The van der Waals surface area contributed by atoms with Gasteiger partial charge in [-0.25, -0.2) is 4.79 Å². The molecule has 36 heavy (non-hydrogen) atoms. The minimum Gasteiger partial charge on any atom is -0.307 e. The normalized spacial score (nSPS) is 22.8. The molecule has 2 aliphatic rings. The molecular weight excluding hydrogens is 498 g/mol. The Bertz CT molecular complexity index is 1620. The molecule has 188 valence electrons. The van der Waals surface area contributed by atoms with Crippen LogP contribution in [0.3, 0.4) is 0 Å². The van der Waals surface area contributed by atoms with E-state index in [2.05, 4.69) is 16.8 Å². The largest absolute Gasteiger partial charge is 0.332 e. The van der Waals surface area contributed by atoms with E-state index in [1.54, 1.807) is 29.6 Å². The summed E-state index contributed by atoms with van der Waals surface area (Å²) in [5, 5.41) is 7.13.